The van der Waals surface area contributed by atoms with E-state index in [1.807, 2.05) is 6.92 Å². The Balaban J connectivity index is 2.47. The van der Waals surface area contributed by atoms with E-state index in [0.717, 1.165) is 9.87 Å². The van der Waals surface area contributed by atoms with Gasteiger partial charge in [-0.1, -0.05) is 29.3 Å². The van der Waals surface area contributed by atoms with Gasteiger partial charge < -0.3 is 0 Å². The molecule has 0 bridgehead atoms. The van der Waals surface area contributed by atoms with E-state index in [1.165, 1.54) is 17.7 Å². The number of amides is 1. The molecule has 0 saturated carbocycles. The molecule has 1 saturated heterocycles. The lowest BCUT2D eigenvalue weighted by Gasteiger charge is -2.19. The van der Waals surface area contributed by atoms with E-state index in [9.17, 15) is 13.2 Å². The molecule has 1 aromatic rings. The van der Waals surface area contributed by atoms with Crippen LogP contribution in [0.3, 0.4) is 0 Å². The molecule has 6 heteroatoms. The number of halogens is 1. The molecule has 1 aliphatic rings. The molecule has 108 valence electrons. The van der Waals surface area contributed by atoms with E-state index in [2.05, 4.69) is 0 Å². The van der Waals surface area contributed by atoms with Crippen molar-refractivity contribution in [2.75, 3.05) is 6.54 Å². The molecule has 1 amide bonds. The highest BCUT2D eigenvalue weighted by atomic mass is 35.5. The Morgan fingerprint density at radius 2 is 1.80 bits per heavy atom. The van der Waals surface area contributed by atoms with Crippen molar-refractivity contribution in [1.29, 1.82) is 0 Å². The first kappa shape index (κ1) is 15.1. The van der Waals surface area contributed by atoms with Crippen molar-refractivity contribution in [3.05, 3.63) is 40.9 Å². The summed E-state index contributed by atoms with van der Waals surface area (Å²) in [7, 11) is -3.83. The van der Waals surface area contributed by atoms with Crippen LogP contribution in [-0.2, 0) is 14.8 Å². The highest BCUT2D eigenvalue weighted by Gasteiger charge is 2.48. The number of aryl methyl sites for hydroxylation is 1. The van der Waals surface area contributed by atoms with Gasteiger partial charge in [0.15, 0.2) is 0 Å². The molecule has 0 atom stereocenters. The van der Waals surface area contributed by atoms with Crippen molar-refractivity contribution in [3.63, 3.8) is 0 Å². The average Bonchev–Trinajstić information content (AvgIpc) is 2.61. The van der Waals surface area contributed by atoms with Crippen molar-refractivity contribution in [2.24, 2.45) is 5.41 Å². The summed E-state index contributed by atoms with van der Waals surface area (Å²) in [5.74, 6) is -0.454. The third-order valence-electron chi connectivity index (χ3n) is 3.62. The molecule has 0 spiro atoms. The van der Waals surface area contributed by atoms with Gasteiger partial charge in [0, 0.05) is 5.54 Å². The lowest BCUT2D eigenvalue weighted by Crippen LogP contribution is -2.36. The lowest BCUT2D eigenvalue weighted by molar-refractivity contribution is -0.129. The second-order valence-electron chi connectivity index (χ2n) is 5.39. The van der Waals surface area contributed by atoms with Crippen LogP contribution in [0.15, 0.2) is 40.3 Å². The zero-order valence-corrected chi connectivity index (χ0v) is 13.1. The minimum absolute atomic E-state index is 0.00550. The van der Waals surface area contributed by atoms with Crippen molar-refractivity contribution in [3.8, 4) is 0 Å². The van der Waals surface area contributed by atoms with Gasteiger partial charge in [-0.15, -0.1) is 0 Å². The van der Waals surface area contributed by atoms with Gasteiger partial charge in [0.1, 0.15) is 0 Å². The van der Waals surface area contributed by atoms with Gasteiger partial charge in [-0.3, -0.25) is 4.79 Å². The Hall–Kier alpha value is -1.33. The fourth-order valence-corrected chi connectivity index (χ4v) is 3.91. The topological polar surface area (TPSA) is 54.5 Å². The number of hydrogen-bond acceptors (Lipinski definition) is 3. The molecule has 0 aliphatic carbocycles. The van der Waals surface area contributed by atoms with Gasteiger partial charge in [-0.25, -0.2) is 12.7 Å². The predicted octanol–water partition coefficient (Wildman–Crippen LogP) is 2.67. The van der Waals surface area contributed by atoms with Crippen LogP contribution in [0.5, 0.6) is 0 Å². The van der Waals surface area contributed by atoms with Crippen LogP contribution in [0.2, 0.25) is 0 Å². The highest BCUT2D eigenvalue weighted by Crippen LogP contribution is 2.39. The van der Waals surface area contributed by atoms with E-state index in [1.54, 1.807) is 26.0 Å². The van der Waals surface area contributed by atoms with E-state index in [4.69, 9.17) is 11.6 Å². The minimum Gasteiger partial charge on any atom is -0.273 e. The second-order valence-corrected chi connectivity index (χ2v) is 7.47. The summed E-state index contributed by atoms with van der Waals surface area (Å²) in [5, 5.41) is 0. The first-order valence-electron chi connectivity index (χ1n) is 6.15. The summed E-state index contributed by atoms with van der Waals surface area (Å²) < 4.78 is 26.0. The van der Waals surface area contributed by atoms with Crippen LogP contribution in [0, 0.1) is 12.3 Å². The number of nitrogens with zero attached hydrogens (tertiary/aromatic N) is 1. The molecule has 4 nitrogen and oxygen atoms in total. The van der Waals surface area contributed by atoms with Crippen LogP contribution in [0.1, 0.15) is 19.4 Å². The van der Waals surface area contributed by atoms with Crippen molar-refractivity contribution in [2.45, 2.75) is 25.7 Å². The van der Waals surface area contributed by atoms with E-state index in [0.29, 0.717) is 5.57 Å². The Kier molecular flexibility index (Phi) is 3.69. The summed E-state index contributed by atoms with van der Waals surface area (Å²) >= 11 is 5.70. The molecule has 0 aromatic heterocycles. The molecule has 1 aliphatic heterocycles. The molecule has 0 radical (unpaired) electrons. The van der Waals surface area contributed by atoms with Crippen molar-refractivity contribution in [1.82, 2.24) is 4.31 Å². The Morgan fingerprint density at radius 1 is 1.25 bits per heavy atom. The van der Waals surface area contributed by atoms with E-state index < -0.39 is 21.3 Å². The number of hydrogen-bond donors (Lipinski definition) is 0. The molecule has 20 heavy (non-hydrogen) atoms. The average molecular weight is 314 g/mol. The fourth-order valence-electron chi connectivity index (χ4n) is 2.08. The first-order chi connectivity index (χ1) is 9.21. The highest BCUT2D eigenvalue weighted by molar-refractivity contribution is 7.89. The monoisotopic (exact) mass is 313 g/mol. The molecular formula is C14H16ClNO3S. The largest absolute Gasteiger partial charge is 0.273 e. The van der Waals surface area contributed by atoms with Gasteiger partial charge in [0.05, 0.1) is 16.9 Å². The molecule has 2 rings (SSSR count). The van der Waals surface area contributed by atoms with Crippen LogP contribution in [0.4, 0.5) is 0 Å². The second kappa shape index (κ2) is 4.90. The molecular weight excluding hydrogens is 298 g/mol. The molecule has 1 heterocycles. The fraction of sp³-hybridized carbons (Fsp3) is 0.357. The quantitative estimate of drug-likeness (QED) is 0.843. The van der Waals surface area contributed by atoms with Crippen LogP contribution in [-0.4, -0.2) is 25.2 Å². The van der Waals surface area contributed by atoms with E-state index >= 15 is 0 Å². The molecule has 0 unspecified atom stereocenters. The predicted molar refractivity (Wildman–Crippen MR) is 77.8 cm³/mol. The lowest BCUT2D eigenvalue weighted by atomic mass is 9.88. The molecule has 1 fully saturated rings. The number of carbonyl (C=O) groups excluding carboxylic acids is 1. The summed E-state index contributed by atoms with van der Waals surface area (Å²) in [4.78, 5) is 12.4. The summed E-state index contributed by atoms with van der Waals surface area (Å²) in [6.45, 7) is 5.23. The molecule has 1 aromatic carbocycles. The van der Waals surface area contributed by atoms with Crippen molar-refractivity contribution >= 4 is 27.5 Å². The van der Waals surface area contributed by atoms with Crippen molar-refractivity contribution < 1.29 is 13.2 Å². The maximum atomic E-state index is 12.5. The normalized spacial score (nSPS) is 20.7. The van der Waals surface area contributed by atoms with Gasteiger partial charge in [0.25, 0.3) is 10.0 Å². The Morgan fingerprint density at radius 3 is 2.25 bits per heavy atom. The Labute approximate surface area is 124 Å². The third kappa shape index (κ3) is 2.25. The zero-order chi connectivity index (χ0) is 15.1. The summed E-state index contributed by atoms with van der Waals surface area (Å²) in [5.41, 5.74) is 1.96. The number of rotatable bonds is 2. The number of sulfonamides is 1. The Bertz CT molecular complexity index is 675. The molecule has 0 N–H and O–H groups in total. The van der Waals surface area contributed by atoms with E-state index in [-0.39, 0.29) is 11.4 Å². The summed E-state index contributed by atoms with van der Waals surface area (Å²) in [6.07, 6.45) is 0. The van der Waals surface area contributed by atoms with Gasteiger partial charge in [-0.2, -0.15) is 0 Å². The number of benzene rings is 1. The van der Waals surface area contributed by atoms with Gasteiger partial charge in [0.2, 0.25) is 5.91 Å². The van der Waals surface area contributed by atoms with Gasteiger partial charge in [-0.05, 0) is 38.5 Å². The maximum absolute atomic E-state index is 12.5. The summed E-state index contributed by atoms with van der Waals surface area (Å²) in [6, 6.07) is 6.43. The SMILES string of the molecule is Cc1ccc(S(=O)(=O)N2C/C(=C\Cl)C(C)(C)C2=O)cc1. The third-order valence-corrected chi connectivity index (χ3v) is 5.63. The smallest absolute Gasteiger partial charge is 0.266 e. The van der Waals surface area contributed by atoms with Gasteiger partial charge >= 0.3 is 0 Å². The minimum atomic E-state index is -3.83. The zero-order valence-electron chi connectivity index (χ0n) is 11.6. The van der Waals surface area contributed by atoms with Crippen LogP contribution in [0.25, 0.3) is 0 Å². The first-order valence-corrected chi connectivity index (χ1v) is 8.02. The standard InChI is InChI=1S/C14H16ClNO3S/c1-10-4-6-12(7-5-10)20(18,19)16-9-11(8-15)14(2,3)13(16)17/h4-8H,9H2,1-3H3/b11-8+. The maximum Gasteiger partial charge on any atom is 0.266 e. The number of carbonyl (C=O) groups is 1. The van der Waals surface area contributed by atoms with Crippen LogP contribution >= 0.6 is 11.6 Å². The van der Waals surface area contributed by atoms with Crippen LogP contribution < -0.4 is 0 Å².